The Bertz CT molecular complexity index is 626. The number of carbonyl (C=O) groups excluding carboxylic acids is 2. The second-order valence-corrected chi connectivity index (χ2v) is 6.73. The van der Waals surface area contributed by atoms with Crippen LogP contribution in [0.1, 0.15) is 4.88 Å². The number of likely N-dealkylation sites (tertiary alicyclic amines) is 1. The minimum atomic E-state index is -0.641. The summed E-state index contributed by atoms with van der Waals surface area (Å²) < 4.78 is 10.8. The molecule has 0 radical (unpaired) electrons. The van der Waals surface area contributed by atoms with Crippen molar-refractivity contribution in [2.45, 2.75) is 18.2 Å². The molecule has 5 nitrogen and oxygen atoms in total. The van der Waals surface area contributed by atoms with Crippen LogP contribution in [0, 0.1) is 11.8 Å². The first-order valence-electron chi connectivity index (χ1n) is 6.91. The second kappa shape index (κ2) is 4.42. The van der Waals surface area contributed by atoms with E-state index < -0.39 is 17.4 Å². The normalized spacial score (nSPS) is 36.3. The highest BCUT2D eigenvalue weighted by atomic mass is 32.1. The Morgan fingerprint density at radius 3 is 3.19 bits per heavy atom. The van der Waals surface area contributed by atoms with Crippen LogP contribution >= 0.6 is 11.3 Å². The molecule has 0 aliphatic carbocycles. The van der Waals surface area contributed by atoms with Crippen LogP contribution in [0.3, 0.4) is 0 Å². The maximum Gasteiger partial charge on any atom is 0.312 e. The third-order valence-corrected chi connectivity index (χ3v) is 5.44. The summed E-state index contributed by atoms with van der Waals surface area (Å²) in [6.45, 7) is 1.08. The van der Waals surface area contributed by atoms with E-state index in [1.807, 2.05) is 29.7 Å². The van der Waals surface area contributed by atoms with Crippen LogP contribution in [0.4, 0.5) is 0 Å². The van der Waals surface area contributed by atoms with E-state index >= 15 is 0 Å². The SMILES string of the molecule is COC(=O)C1[C@H]2C=CC3(CN(Cc4cccs4)C(=O)[C@@H]13)O2. The summed E-state index contributed by atoms with van der Waals surface area (Å²) in [5.74, 6) is -1.33. The van der Waals surface area contributed by atoms with Crippen LogP contribution in [0.15, 0.2) is 29.7 Å². The maximum absolute atomic E-state index is 12.7. The molecular weight excluding hydrogens is 290 g/mol. The molecule has 6 heteroatoms. The Balaban J connectivity index is 1.64. The molecule has 2 saturated heterocycles. The predicted octanol–water partition coefficient (Wildman–Crippen LogP) is 1.20. The zero-order valence-corrected chi connectivity index (χ0v) is 12.3. The van der Waals surface area contributed by atoms with Crippen molar-refractivity contribution in [1.82, 2.24) is 4.90 Å². The van der Waals surface area contributed by atoms with Gasteiger partial charge in [-0.05, 0) is 11.4 Å². The lowest BCUT2D eigenvalue weighted by Gasteiger charge is -2.22. The van der Waals surface area contributed by atoms with Gasteiger partial charge in [-0.3, -0.25) is 9.59 Å². The van der Waals surface area contributed by atoms with Crippen LogP contribution in [0.5, 0.6) is 0 Å². The summed E-state index contributed by atoms with van der Waals surface area (Å²) in [6, 6.07) is 3.98. The zero-order valence-electron chi connectivity index (χ0n) is 11.5. The Kier molecular flexibility index (Phi) is 2.74. The highest BCUT2D eigenvalue weighted by molar-refractivity contribution is 7.09. The molecule has 3 aliphatic heterocycles. The molecule has 0 aromatic carbocycles. The Morgan fingerprint density at radius 2 is 2.48 bits per heavy atom. The van der Waals surface area contributed by atoms with Crippen molar-refractivity contribution in [3.05, 3.63) is 34.5 Å². The summed E-state index contributed by atoms with van der Waals surface area (Å²) in [5, 5.41) is 1.99. The van der Waals surface area contributed by atoms with E-state index in [4.69, 9.17) is 9.47 Å². The lowest BCUT2D eigenvalue weighted by molar-refractivity contribution is -0.151. The quantitative estimate of drug-likeness (QED) is 0.622. The number of esters is 1. The van der Waals surface area contributed by atoms with E-state index in [0.717, 1.165) is 4.88 Å². The van der Waals surface area contributed by atoms with Crippen molar-refractivity contribution < 1.29 is 19.1 Å². The average Bonchev–Trinajstić information content (AvgIpc) is 3.22. The number of hydrogen-bond donors (Lipinski definition) is 0. The molecule has 1 amide bonds. The molecule has 110 valence electrons. The molecule has 2 unspecified atom stereocenters. The first-order chi connectivity index (χ1) is 10.1. The van der Waals surface area contributed by atoms with E-state index in [2.05, 4.69) is 0 Å². The summed E-state index contributed by atoms with van der Waals surface area (Å²) in [5.41, 5.74) is -0.641. The van der Waals surface area contributed by atoms with Gasteiger partial charge in [0, 0.05) is 4.88 Å². The summed E-state index contributed by atoms with van der Waals surface area (Å²) in [7, 11) is 1.35. The fourth-order valence-electron chi connectivity index (χ4n) is 3.71. The number of fused-ring (bicyclic) bond motifs is 1. The molecule has 0 saturated carbocycles. The highest BCUT2D eigenvalue weighted by Gasteiger charge is 2.67. The van der Waals surface area contributed by atoms with E-state index in [1.54, 1.807) is 16.2 Å². The number of methoxy groups -OCH3 is 1. The second-order valence-electron chi connectivity index (χ2n) is 5.70. The highest BCUT2D eigenvalue weighted by Crippen LogP contribution is 2.52. The van der Waals surface area contributed by atoms with Crippen molar-refractivity contribution in [2.75, 3.05) is 13.7 Å². The van der Waals surface area contributed by atoms with Gasteiger partial charge < -0.3 is 14.4 Å². The smallest absolute Gasteiger partial charge is 0.312 e. The number of amides is 1. The first kappa shape index (κ1) is 13.0. The molecule has 0 N–H and O–H groups in total. The molecule has 2 fully saturated rings. The standard InChI is InChI=1S/C15H15NO4S/c1-19-14(18)11-10-4-5-15(20-10)8-16(13(17)12(11)15)7-9-3-2-6-21-9/h2-6,10-12H,7-8H2,1H3/t10-,11?,12-,15?/m1/s1. The van der Waals surface area contributed by atoms with Gasteiger partial charge in [-0.15, -0.1) is 11.3 Å². The first-order valence-corrected chi connectivity index (χ1v) is 7.79. The van der Waals surface area contributed by atoms with Crippen molar-refractivity contribution in [3.63, 3.8) is 0 Å². The Labute approximate surface area is 126 Å². The fraction of sp³-hybridized carbons (Fsp3) is 0.467. The minimum Gasteiger partial charge on any atom is -0.469 e. The van der Waals surface area contributed by atoms with E-state index in [1.165, 1.54) is 7.11 Å². The van der Waals surface area contributed by atoms with Crippen LogP contribution < -0.4 is 0 Å². The molecule has 3 aliphatic rings. The Morgan fingerprint density at radius 1 is 1.62 bits per heavy atom. The van der Waals surface area contributed by atoms with Gasteiger partial charge in [-0.25, -0.2) is 0 Å². The summed E-state index contributed by atoms with van der Waals surface area (Å²) >= 11 is 1.62. The lowest BCUT2D eigenvalue weighted by Crippen LogP contribution is -2.39. The van der Waals surface area contributed by atoms with Gasteiger partial charge in [-0.2, -0.15) is 0 Å². The van der Waals surface area contributed by atoms with Crippen molar-refractivity contribution in [3.8, 4) is 0 Å². The molecule has 1 spiro atoms. The molecule has 4 atom stereocenters. The third-order valence-electron chi connectivity index (χ3n) is 4.58. The maximum atomic E-state index is 12.7. The van der Waals surface area contributed by atoms with Gasteiger partial charge in [0.1, 0.15) is 11.5 Å². The van der Waals surface area contributed by atoms with Crippen molar-refractivity contribution in [2.24, 2.45) is 11.8 Å². The van der Waals surface area contributed by atoms with Gasteiger partial charge in [-0.1, -0.05) is 18.2 Å². The number of rotatable bonds is 3. The molecule has 4 rings (SSSR count). The van der Waals surface area contributed by atoms with E-state index in [9.17, 15) is 9.59 Å². The number of thiophene rings is 1. The zero-order chi connectivity index (χ0) is 14.6. The van der Waals surface area contributed by atoms with Gasteiger partial charge in [0.25, 0.3) is 0 Å². The van der Waals surface area contributed by atoms with Crippen LogP contribution in [0.25, 0.3) is 0 Å². The topological polar surface area (TPSA) is 55.8 Å². The van der Waals surface area contributed by atoms with E-state index in [-0.39, 0.29) is 18.0 Å². The van der Waals surface area contributed by atoms with Crippen LogP contribution in [-0.4, -0.2) is 42.1 Å². The molecule has 21 heavy (non-hydrogen) atoms. The summed E-state index contributed by atoms with van der Waals surface area (Å²) in [6.07, 6.45) is 3.52. The fourth-order valence-corrected chi connectivity index (χ4v) is 4.43. The molecule has 2 bridgehead atoms. The lowest BCUT2D eigenvalue weighted by atomic mass is 9.77. The van der Waals surface area contributed by atoms with Crippen molar-refractivity contribution in [1.29, 1.82) is 0 Å². The summed E-state index contributed by atoms with van der Waals surface area (Å²) in [4.78, 5) is 27.7. The van der Waals surface area contributed by atoms with Crippen LogP contribution in [-0.2, 0) is 25.6 Å². The monoisotopic (exact) mass is 305 g/mol. The van der Waals surface area contributed by atoms with Gasteiger partial charge in [0.2, 0.25) is 5.91 Å². The van der Waals surface area contributed by atoms with Gasteiger partial charge >= 0.3 is 5.97 Å². The van der Waals surface area contributed by atoms with Gasteiger partial charge in [0.05, 0.1) is 32.2 Å². The largest absolute Gasteiger partial charge is 0.469 e. The third kappa shape index (κ3) is 1.72. The molecule has 1 aromatic heterocycles. The van der Waals surface area contributed by atoms with Gasteiger partial charge in [0.15, 0.2) is 0 Å². The Hall–Kier alpha value is -1.66. The molecule has 1 aromatic rings. The van der Waals surface area contributed by atoms with E-state index in [0.29, 0.717) is 13.1 Å². The number of hydrogen-bond acceptors (Lipinski definition) is 5. The minimum absolute atomic E-state index is 0.00866. The number of carbonyl (C=O) groups is 2. The number of ether oxygens (including phenoxy) is 2. The molecule has 4 heterocycles. The van der Waals surface area contributed by atoms with Crippen molar-refractivity contribution >= 4 is 23.2 Å². The molecular formula is C15H15NO4S. The average molecular weight is 305 g/mol. The predicted molar refractivity (Wildman–Crippen MR) is 75.5 cm³/mol. The van der Waals surface area contributed by atoms with Crippen LogP contribution in [0.2, 0.25) is 0 Å². The number of nitrogens with zero attached hydrogens (tertiary/aromatic N) is 1.